The Balaban J connectivity index is 1.57. The molecule has 2 heterocycles. The fourth-order valence-corrected chi connectivity index (χ4v) is 4.42. The van der Waals surface area contributed by atoms with Gasteiger partial charge in [-0.2, -0.15) is 0 Å². The van der Waals surface area contributed by atoms with E-state index >= 15 is 0 Å². The Bertz CT molecular complexity index is 1230. The summed E-state index contributed by atoms with van der Waals surface area (Å²) in [5, 5.41) is 0. The van der Waals surface area contributed by atoms with Crippen molar-refractivity contribution in [2.45, 2.75) is 19.9 Å². The van der Waals surface area contributed by atoms with Crippen molar-refractivity contribution < 1.29 is 14.3 Å². The third kappa shape index (κ3) is 3.36. The molecule has 160 valence electrons. The number of imide groups is 1. The number of carbonyl (C=O) groups excluding carboxylic acids is 2. The Morgan fingerprint density at radius 2 is 1.59 bits per heavy atom. The smallest absolute Gasteiger partial charge is 0.278 e. The number of rotatable bonds is 5. The van der Waals surface area contributed by atoms with Crippen LogP contribution in [0.15, 0.2) is 78.5 Å². The lowest BCUT2D eigenvalue weighted by Gasteiger charge is -2.22. The van der Waals surface area contributed by atoms with Crippen molar-refractivity contribution in [1.29, 1.82) is 0 Å². The van der Waals surface area contributed by atoms with Crippen molar-refractivity contribution in [2.75, 3.05) is 18.6 Å². The number of anilines is 1. The van der Waals surface area contributed by atoms with E-state index in [1.807, 2.05) is 78.6 Å². The van der Waals surface area contributed by atoms with E-state index in [0.717, 1.165) is 34.5 Å². The van der Waals surface area contributed by atoms with Gasteiger partial charge in [0.2, 0.25) is 0 Å². The number of hydrogen-bond donors (Lipinski definition) is 0. The standard InChI is InChI=1S/C27H24N2O3/c1-18-7-11-21(12-8-18)24-25(28-16-15-20-5-3-4-6-23(20)28)27(31)29(26(24)30)17-19-9-13-22(32-2)14-10-19/h3-14H,15-17H2,1-2H3. The summed E-state index contributed by atoms with van der Waals surface area (Å²) >= 11 is 0. The molecule has 5 nitrogen and oxygen atoms in total. The van der Waals surface area contributed by atoms with E-state index in [0.29, 0.717) is 17.8 Å². The largest absolute Gasteiger partial charge is 0.497 e. The number of methoxy groups -OCH3 is 1. The van der Waals surface area contributed by atoms with Gasteiger partial charge in [0.1, 0.15) is 11.4 Å². The molecule has 0 radical (unpaired) electrons. The van der Waals surface area contributed by atoms with Crippen LogP contribution in [0.5, 0.6) is 5.75 Å². The van der Waals surface area contributed by atoms with Crippen LogP contribution in [0.1, 0.15) is 22.3 Å². The predicted molar refractivity (Wildman–Crippen MR) is 124 cm³/mol. The third-order valence-corrected chi connectivity index (χ3v) is 6.14. The van der Waals surface area contributed by atoms with Gasteiger partial charge in [-0.05, 0) is 48.2 Å². The Hall–Kier alpha value is -3.86. The lowest BCUT2D eigenvalue weighted by molar-refractivity contribution is -0.137. The Labute approximate surface area is 187 Å². The molecule has 32 heavy (non-hydrogen) atoms. The average Bonchev–Trinajstić information content (AvgIpc) is 3.34. The van der Waals surface area contributed by atoms with Crippen LogP contribution >= 0.6 is 0 Å². The van der Waals surface area contributed by atoms with Gasteiger partial charge in [0, 0.05) is 12.2 Å². The van der Waals surface area contributed by atoms with E-state index in [1.54, 1.807) is 7.11 Å². The molecule has 2 aliphatic heterocycles. The minimum Gasteiger partial charge on any atom is -0.497 e. The van der Waals surface area contributed by atoms with Crippen molar-refractivity contribution in [2.24, 2.45) is 0 Å². The van der Waals surface area contributed by atoms with Crippen LogP contribution in [0.4, 0.5) is 5.69 Å². The van der Waals surface area contributed by atoms with Crippen LogP contribution in [0.2, 0.25) is 0 Å². The molecular weight excluding hydrogens is 400 g/mol. The molecule has 5 rings (SSSR count). The first-order valence-corrected chi connectivity index (χ1v) is 10.7. The molecule has 0 N–H and O–H groups in total. The lowest BCUT2D eigenvalue weighted by Crippen LogP contribution is -2.34. The number of ether oxygens (including phenoxy) is 1. The van der Waals surface area contributed by atoms with E-state index in [1.165, 1.54) is 10.5 Å². The zero-order chi connectivity index (χ0) is 22.2. The van der Waals surface area contributed by atoms with Gasteiger partial charge in [0.25, 0.3) is 11.8 Å². The van der Waals surface area contributed by atoms with Gasteiger partial charge >= 0.3 is 0 Å². The second kappa shape index (κ2) is 8.00. The van der Waals surface area contributed by atoms with Gasteiger partial charge in [-0.3, -0.25) is 14.5 Å². The lowest BCUT2D eigenvalue weighted by atomic mass is 10.0. The molecule has 5 heteroatoms. The number of nitrogens with zero attached hydrogens (tertiary/aromatic N) is 2. The third-order valence-electron chi connectivity index (χ3n) is 6.14. The van der Waals surface area contributed by atoms with E-state index in [4.69, 9.17) is 4.74 Å². The van der Waals surface area contributed by atoms with Crippen molar-refractivity contribution in [1.82, 2.24) is 4.90 Å². The van der Waals surface area contributed by atoms with Crippen molar-refractivity contribution >= 4 is 23.1 Å². The minimum absolute atomic E-state index is 0.218. The summed E-state index contributed by atoms with van der Waals surface area (Å²) in [5.74, 6) is 0.229. The Morgan fingerprint density at radius 3 is 2.31 bits per heavy atom. The zero-order valence-electron chi connectivity index (χ0n) is 18.2. The summed E-state index contributed by atoms with van der Waals surface area (Å²) in [5.41, 5.74) is 5.88. The molecule has 0 spiro atoms. The van der Waals surface area contributed by atoms with E-state index in [2.05, 4.69) is 6.07 Å². The number of amides is 2. The molecule has 0 atom stereocenters. The topological polar surface area (TPSA) is 49.9 Å². The molecule has 0 saturated heterocycles. The number of para-hydroxylation sites is 1. The van der Waals surface area contributed by atoms with Crippen molar-refractivity contribution in [3.05, 3.63) is 101 Å². The van der Waals surface area contributed by atoms with Gasteiger partial charge in [0.05, 0.1) is 19.2 Å². The fraction of sp³-hybridized carbons (Fsp3) is 0.185. The van der Waals surface area contributed by atoms with Crippen LogP contribution in [0.3, 0.4) is 0 Å². The van der Waals surface area contributed by atoms with Gasteiger partial charge in [-0.15, -0.1) is 0 Å². The molecular formula is C27H24N2O3. The van der Waals surface area contributed by atoms with Gasteiger partial charge < -0.3 is 9.64 Å². The maximum atomic E-state index is 13.7. The van der Waals surface area contributed by atoms with E-state index < -0.39 is 0 Å². The highest BCUT2D eigenvalue weighted by Gasteiger charge is 2.43. The molecule has 0 aliphatic carbocycles. The number of fused-ring (bicyclic) bond motifs is 1. The molecule has 0 bridgehead atoms. The molecule has 2 aliphatic rings. The van der Waals surface area contributed by atoms with Crippen LogP contribution in [0, 0.1) is 6.92 Å². The monoisotopic (exact) mass is 424 g/mol. The molecule has 0 aromatic heterocycles. The summed E-state index contributed by atoms with van der Waals surface area (Å²) in [6, 6.07) is 23.3. The summed E-state index contributed by atoms with van der Waals surface area (Å²) in [6.45, 7) is 2.91. The average molecular weight is 425 g/mol. The van der Waals surface area contributed by atoms with Gasteiger partial charge in [-0.1, -0.05) is 60.2 Å². The van der Waals surface area contributed by atoms with Crippen LogP contribution < -0.4 is 9.64 Å². The molecule has 0 saturated carbocycles. The van der Waals surface area contributed by atoms with Crippen molar-refractivity contribution in [3.63, 3.8) is 0 Å². The summed E-state index contributed by atoms with van der Waals surface area (Å²) in [7, 11) is 1.61. The number of hydrogen-bond acceptors (Lipinski definition) is 4. The molecule has 3 aromatic rings. The first-order chi connectivity index (χ1) is 15.6. The second-order valence-corrected chi connectivity index (χ2v) is 8.16. The highest BCUT2D eigenvalue weighted by Crippen LogP contribution is 2.39. The van der Waals surface area contributed by atoms with Gasteiger partial charge in [-0.25, -0.2) is 0 Å². The zero-order valence-corrected chi connectivity index (χ0v) is 18.2. The quantitative estimate of drug-likeness (QED) is 0.572. The summed E-state index contributed by atoms with van der Waals surface area (Å²) < 4.78 is 5.22. The normalized spacial score (nSPS) is 15.6. The predicted octanol–water partition coefficient (Wildman–Crippen LogP) is 4.35. The highest BCUT2D eigenvalue weighted by atomic mass is 16.5. The maximum Gasteiger partial charge on any atom is 0.278 e. The van der Waals surface area contributed by atoms with Crippen LogP contribution in [0.25, 0.3) is 5.57 Å². The second-order valence-electron chi connectivity index (χ2n) is 8.16. The number of aryl methyl sites for hydroxylation is 1. The highest BCUT2D eigenvalue weighted by molar-refractivity contribution is 6.36. The van der Waals surface area contributed by atoms with E-state index in [-0.39, 0.29) is 18.4 Å². The molecule has 0 unspecified atom stereocenters. The fourth-order valence-electron chi connectivity index (χ4n) is 4.42. The number of benzene rings is 3. The summed E-state index contributed by atoms with van der Waals surface area (Å²) in [6.07, 6.45) is 0.848. The Kier molecular flexibility index (Phi) is 5.02. The molecule has 2 amide bonds. The minimum atomic E-state index is -0.256. The van der Waals surface area contributed by atoms with Crippen molar-refractivity contribution in [3.8, 4) is 5.75 Å². The van der Waals surface area contributed by atoms with E-state index in [9.17, 15) is 9.59 Å². The SMILES string of the molecule is COc1ccc(CN2C(=O)C(c3ccc(C)cc3)=C(N3CCc4ccccc43)C2=O)cc1. The molecule has 3 aromatic carbocycles. The van der Waals surface area contributed by atoms with Crippen LogP contribution in [-0.2, 0) is 22.6 Å². The maximum absolute atomic E-state index is 13.7. The summed E-state index contributed by atoms with van der Waals surface area (Å²) in [4.78, 5) is 30.6. The van der Waals surface area contributed by atoms with Gasteiger partial charge in [0.15, 0.2) is 0 Å². The molecule has 0 fully saturated rings. The van der Waals surface area contributed by atoms with Crippen LogP contribution in [-0.4, -0.2) is 30.4 Å². The Morgan fingerprint density at radius 1 is 0.875 bits per heavy atom. The first kappa shape index (κ1) is 20.1. The first-order valence-electron chi connectivity index (χ1n) is 10.7. The number of carbonyl (C=O) groups is 2.